The molecule has 0 aliphatic heterocycles. The van der Waals surface area contributed by atoms with Crippen molar-refractivity contribution in [1.82, 2.24) is 0 Å². The average Bonchev–Trinajstić information content (AvgIpc) is 2.43. The lowest BCUT2D eigenvalue weighted by molar-refractivity contribution is -0.114. The van der Waals surface area contributed by atoms with Crippen molar-refractivity contribution < 1.29 is 4.79 Å². The van der Waals surface area contributed by atoms with E-state index in [1.807, 2.05) is 6.92 Å². The third kappa shape index (κ3) is 4.27. The van der Waals surface area contributed by atoms with Crippen LogP contribution >= 0.6 is 34.8 Å². The number of hydrogen-bond acceptors (Lipinski definition) is 2. The highest BCUT2D eigenvalue weighted by Crippen LogP contribution is 2.29. The van der Waals surface area contributed by atoms with Gasteiger partial charge >= 0.3 is 0 Å². The van der Waals surface area contributed by atoms with Gasteiger partial charge in [0, 0.05) is 10.7 Å². The summed E-state index contributed by atoms with van der Waals surface area (Å²) in [5.41, 5.74) is 2.24. The maximum atomic E-state index is 11.9. The number of hydrogen-bond donors (Lipinski definition) is 2. The zero-order chi connectivity index (χ0) is 15.4. The summed E-state index contributed by atoms with van der Waals surface area (Å²) < 4.78 is 0. The molecule has 2 N–H and O–H groups in total. The summed E-state index contributed by atoms with van der Waals surface area (Å²) in [5, 5.41) is 7.23. The zero-order valence-corrected chi connectivity index (χ0v) is 13.5. The molecule has 0 aliphatic carbocycles. The molecule has 0 aromatic heterocycles. The highest BCUT2D eigenvalue weighted by Gasteiger charge is 2.08. The third-order valence-electron chi connectivity index (χ3n) is 2.85. The van der Waals surface area contributed by atoms with Crippen molar-refractivity contribution in [3.8, 4) is 0 Å². The molecular formula is C15H13Cl3N2O. The number of nitrogens with one attached hydrogen (secondary N) is 2. The molecule has 0 fully saturated rings. The van der Waals surface area contributed by atoms with Crippen LogP contribution in [0.4, 0.5) is 11.4 Å². The van der Waals surface area contributed by atoms with Gasteiger partial charge in [0.1, 0.15) is 0 Å². The normalized spacial score (nSPS) is 10.3. The van der Waals surface area contributed by atoms with Crippen LogP contribution in [-0.2, 0) is 4.79 Å². The molecule has 2 rings (SSSR count). The second kappa shape index (κ2) is 7.03. The molecule has 0 radical (unpaired) electrons. The monoisotopic (exact) mass is 342 g/mol. The molecular weight excluding hydrogens is 331 g/mol. The van der Waals surface area contributed by atoms with Crippen molar-refractivity contribution in [2.24, 2.45) is 0 Å². The first-order chi connectivity index (χ1) is 9.97. The van der Waals surface area contributed by atoms with E-state index in [2.05, 4.69) is 10.6 Å². The number of aryl methyl sites for hydroxylation is 1. The molecule has 0 bridgehead atoms. The molecule has 3 nitrogen and oxygen atoms in total. The predicted molar refractivity (Wildman–Crippen MR) is 89.8 cm³/mol. The third-order valence-corrected chi connectivity index (χ3v) is 3.91. The lowest BCUT2D eigenvalue weighted by Crippen LogP contribution is -2.22. The van der Waals surface area contributed by atoms with Crippen LogP contribution < -0.4 is 10.6 Å². The topological polar surface area (TPSA) is 41.1 Å². The molecule has 1 amide bonds. The van der Waals surface area contributed by atoms with Gasteiger partial charge in [-0.3, -0.25) is 4.79 Å². The van der Waals surface area contributed by atoms with Gasteiger partial charge in [-0.05, 0) is 42.8 Å². The van der Waals surface area contributed by atoms with Crippen molar-refractivity contribution in [2.75, 3.05) is 17.2 Å². The molecule has 21 heavy (non-hydrogen) atoms. The van der Waals surface area contributed by atoms with E-state index < -0.39 is 0 Å². The van der Waals surface area contributed by atoms with E-state index in [4.69, 9.17) is 34.8 Å². The SMILES string of the molecule is Cc1cc(Cl)ccc1NC(=O)CNc1cccc(Cl)c1Cl. The average molecular weight is 344 g/mol. The Labute approximate surface area is 138 Å². The van der Waals surface area contributed by atoms with E-state index in [1.165, 1.54) is 0 Å². The van der Waals surface area contributed by atoms with Gasteiger partial charge in [0.15, 0.2) is 0 Å². The van der Waals surface area contributed by atoms with Gasteiger partial charge in [-0.25, -0.2) is 0 Å². The standard InChI is InChI=1S/C15H13Cl3N2O/c1-9-7-10(16)5-6-12(9)20-14(21)8-19-13-4-2-3-11(17)15(13)18/h2-7,19H,8H2,1H3,(H,20,21). The summed E-state index contributed by atoms with van der Waals surface area (Å²) in [6, 6.07) is 10.5. The minimum absolute atomic E-state index is 0.0854. The second-order valence-corrected chi connectivity index (χ2v) is 5.68. The Morgan fingerprint density at radius 3 is 2.57 bits per heavy atom. The van der Waals surface area contributed by atoms with Crippen molar-refractivity contribution in [3.63, 3.8) is 0 Å². The predicted octanol–water partition coefficient (Wildman–Crippen LogP) is 5.01. The fourth-order valence-corrected chi connectivity index (χ4v) is 2.37. The van der Waals surface area contributed by atoms with Gasteiger partial charge in [0.2, 0.25) is 5.91 Å². The Balaban J connectivity index is 1.97. The highest BCUT2D eigenvalue weighted by atomic mass is 35.5. The quantitative estimate of drug-likeness (QED) is 0.819. The van der Waals surface area contributed by atoms with E-state index >= 15 is 0 Å². The molecule has 110 valence electrons. The number of rotatable bonds is 4. The fraction of sp³-hybridized carbons (Fsp3) is 0.133. The lowest BCUT2D eigenvalue weighted by Gasteiger charge is -2.11. The summed E-state index contributed by atoms with van der Waals surface area (Å²) in [5.74, 6) is -0.184. The Hall–Kier alpha value is -1.42. The van der Waals surface area contributed by atoms with Gasteiger partial charge in [-0.1, -0.05) is 40.9 Å². The Bertz CT molecular complexity index is 674. The summed E-state index contributed by atoms with van der Waals surface area (Å²) in [6.07, 6.45) is 0. The first-order valence-corrected chi connectivity index (χ1v) is 7.34. The number of anilines is 2. The van der Waals surface area contributed by atoms with Crippen LogP contribution in [0.1, 0.15) is 5.56 Å². The fourth-order valence-electron chi connectivity index (χ4n) is 1.78. The maximum Gasteiger partial charge on any atom is 0.243 e. The van der Waals surface area contributed by atoms with Gasteiger partial charge in [-0.2, -0.15) is 0 Å². The Morgan fingerprint density at radius 1 is 1.10 bits per heavy atom. The summed E-state index contributed by atoms with van der Waals surface area (Å²) in [6.45, 7) is 1.96. The molecule has 0 spiro atoms. The van der Waals surface area contributed by atoms with Gasteiger partial charge in [0.05, 0.1) is 22.3 Å². The second-order valence-electron chi connectivity index (χ2n) is 4.46. The Morgan fingerprint density at radius 2 is 1.86 bits per heavy atom. The van der Waals surface area contributed by atoms with E-state index in [0.717, 1.165) is 11.3 Å². The minimum Gasteiger partial charge on any atom is -0.375 e. The van der Waals surface area contributed by atoms with Gasteiger partial charge in [0.25, 0.3) is 0 Å². The van der Waals surface area contributed by atoms with Crippen LogP contribution in [0.2, 0.25) is 15.1 Å². The summed E-state index contributed by atoms with van der Waals surface area (Å²) in [4.78, 5) is 11.9. The lowest BCUT2D eigenvalue weighted by atomic mass is 10.2. The molecule has 2 aromatic carbocycles. The van der Waals surface area contributed by atoms with Crippen LogP contribution in [0.5, 0.6) is 0 Å². The smallest absolute Gasteiger partial charge is 0.243 e. The number of carbonyl (C=O) groups is 1. The van der Waals surface area contributed by atoms with Crippen molar-refractivity contribution in [2.45, 2.75) is 6.92 Å². The van der Waals surface area contributed by atoms with Crippen molar-refractivity contribution in [1.29, 1.82) is 0 Å². The maximum absolute atomic E-state index is 11.9. The minimum atomic E-state index is -0.184. The molecule has 0 unspecified atom stereocenters. The van der Waals surface area contributed by atoms with Crippen LogP contribution in [0, 0.1) is 6.92 Å². The number of amides is 1. The van der Waals surface area contributed by atoms with Crippen LogP contribution in [-0.4, -0.2) is 12.5 Å². The van der Waals surface area contributed by atoms with E-state index in [0.29, 0.717) is 20.8 Å². The number of halogens is 3. The van der Waals surface area contributed by atoms with Crippen LogP contribution in [0.3, 0.4) is 0 Å². The molecule has 6 heteroatoms. The summed E-state index contributed by atoms with van der Waals surface area (Å²) in [7, 11) is 0. The molecule has 0 heterocycles. The van der Waals surface area contributed by atoms with Crippen LogP contribution in [0.15, 0.2) is 36.4 Å². The molecule has 2 aromatic rings. The first-order valence-electron chi connectivity index (χ1n) is 6.21. The van der Waals surface area contributed by atoms with E-state index in [1.54, 1.807) is 36.4 Å². The first kappa shape index (κ1) is 16.0. The van der Waals surface area contributed by atoms with Crippen molar-refractivity contribution in [3.05, 3.63) is 57.0 Å². The van der Waals surface area contributed by atoms with E-state index in [-0.39, 0.29) is 12.5 Å². The molecule has 0 aliphatic rings. The molecule has 0 atom stereocenters. The molecule has 0 saturated carbocycles. The number of carbonyl (C=O) groups excluding carboxylic acids is 1. The largest absolute Gasteiger partial charge is 0.375 e. The van der Waals surface area contributed by atoms with Crippen molar-refractivity contribution >= 4 is 52.1 Å². The van der Waals surface area contributed by atoms with Gasteiger partial charge in [-0.15, -0.1) is 0 Å². The number of benzene rings is 2. The summed E-state index contributed by atoms with van der Waals surface area (Å²) >= 11 is 17.8. The zero-order valence-electron chi connectivity index (χ0n) is 11.2. The van der Waals surface area contributed by atoms with Gasteiger partial charge < -0.3 is 10.6 Å². The van der Waals surface area contributed by atoms with E-state index in [9.17, 15) is 4.79 Å². The highest BCUT2D eigenvalue weighted by molar-refractivity contribution is 6.43. The van der Waals surface area contributed by atoms with Crippen LogP contribution in [0.25, 0.3) is 0 Å². The molecule has 0 saturated heterocycles. The Kier molecular flexibility index (Phi) is 5.34.